The molecule has 2 aromatic carbocycles. The van der Waals surface area contributed by atoms with Crippen LogP contribution in [0, 0.1) is 0 Å². The summed E-state index contributed by atoms with van der Waals surface area (Å²) in [6.07, 6.45) is -3.42. The molecule has 0 unspecified atom stereocenters. The van der Waals surface area contributed by atoms with Crippen LogP contribution in [0.25, 0.3) is 0 Å². The smallest absolute Gasteiger partial charge is 0.416 e. The number of unbranched alkanes of at least 4 members (excludes halogenated alkanes) is 1. The second kappa shape index (κ2) is 11.6. The lowest BCUT2D eigenvalue weighted by Gasteiger charge is -2.23. The Kier molecular flexibility index (Phi) is 9.64. The highest BCUT2D eigenvalue weighted by molar-refractivity contribution is 7.92. The molecule has 196 valence electrons. The third-order valence-electron chi connectivity index (χ3n) is 5.70. The first-order chi connectivity index (χ1) is 16.2. The second-order valence-electron chi connectivity index (χ2n) is 9.69. The summed E-state index contributed by atoms with van der Waals surface area (Å²) in [5, 5.41) is 0. The molecule has 0 aliphatic carbocycles. The quantitative estimate of drug-likeness (QED) is 0.317. The molecule has 2 aromatic rings. The minimum atomic E-state index is -4.66. The number of hydrogen-bond donors (Lipinski definition) is 2. The standard InChI is InChI=1S/C26H37F3N2O3S/c1-16(2)19-11-23(17(3)4)25(24(12-19)18(5)6)35(32,33)31-21-13-20(26(27,28)29)14-22(15-21)34-10-8-7-9-30/h11-18,31H,7-10,30H2,1-6H3. The Labute approximate surface area is 207 Å². The van der Waals surface area contributed by atoms with Gasteiger partial charge in [-0.15, -0.1) is 0 Å². The van der Waals surface area contributed by atoms with Crippen molar-refractivity contribution in [1.82, 2.24) is 0 Å². The van der Waals surface area contributed by atoms with Crippen LogP contribution in [0.2, 0.25) is 0 Å². The van der Waals surface area contributed by atoms with Crippen LogP contribution < -0.4 is 15.2 Å². The number of anilines is 1. The summed E-state index contributed by atoms with van der Waals surface area (Å²) >= 11 is 0. The Hall–Kier alpha value is -2.26. The van der Waals surface area contributed by atoms with Gasteiger partial charge in [0.25, 0.3) is 10.0 Å². The van der Waals surface area contributed by atoms with Gasteiger partial charge in [-0.2, -0.15) is 13.2 Å². The SMILES string of the molecule is CC(C)c1cc(C(C)C)c(S(=O)(=O)Nc2cc(OCCCCN)cc(C(F)(F)F)c2)c(C(C)C)c1. The van der Waals surface area contributed by atoms with E-state index in [4.69, 9.17) is 10.5 Å². The van der Waals surface area contributed by atoms with Crippen LogP contribution in [0.15, 0.2) is 35.2 Å². The van der Waals surface area contributed by atoms with Crippen molar-refractivity contribution < 1.29 is 26.3 Å². The fraction of sp³-hybridized carbons (Fsp3) is 0.538. The van der Waals surface area contributed by atoms with E-state index in [-0.39, 0.29) is 40.7 Å². The molecule has 0 aliphatic rings. The van der Waals surface area contributed by atoms with E-state index < -0.39 is 21.8 Å². The fourth-order valence-electron chi connectivity index (χ4n) is 3.75. The Morgan fingerprint density at radius 3 is 1.91 bits per heavy atom. The maximum atomic E-state index is 13.7. The maximum Gasteiger partial charge on any atom is 0.416 e. The number of nitrogens with one attached hydrogen (secondary N) is 1. The lowest BCUT2D eigenvalue weighted by molar-refractivity contribution is -0.137. The summed E-state index contributed by atoms with van der Waals surface area (Å²) in [6.45, 7) is 12.3. The lowest BCUT2D eigenvalue weighted by atomic mass is 9.89. The Morgan fingerprint density at radius 2 is 1.46 bits per heavy atom. The van der Waals surface area contributed by atoms with Crippen molar-refractivity contribution in [1.29, 1.82) is 0 Å². The summed E-state index contributed by atoms with van der Waals surface area (Å²) in [7, 11) is -4.20. The third-order valence-corrected chi connectivity index (χ3v) is 7.21. The van der Waals surface area contributed by atoms with Gasteiger partial charge >= 0.3 is 6.18 Å². The van der Waals surface area contributed by atoms with Crippen LogP contribution in [0.5, 0.6) is 5.75 Å². The summed E-state index contributed by atoms with van der Waals surface area (Å²) in [6, 6.07) is 6.71. The predicted octanol–water partition coefficient (Wildman–Crippen LogP) is 6.99. The van der Waals surface area contributed by atoms with Crippen molar-refractivity contribution in [3.05, 3.63) is 52.6 Å². The molecule has 0 radical (unpaired) electrons. The van der Waals surface area contributed by atoms with Crippen LogP contribution in [-0.4, -0.2) is 21.6 Å². The van der Waals surface area contributed by atoms with E-state index in [1.807, 2.05) is 53.7 Å². The van der Waals surface area contributed by atoms with E-state index in [9.17, 15) is 21.6 Å². The molecule has 0 saturated carbocycles. The first kappa shape index (κ1) is 29.0. The molecule has 0 fully saturated rings. The van der Waals surface area contributed by atoms with Gasteiger partial charge in [0.15, 0.2) is 0 Å². The first-order valence-corrected chi connectivity index (χ1v) is 13.4. The minimum Gasteiger partial charge on any atom is -0.494 e. The highest BCUT2D eigenvalue weighted by atomic mass is 32.2. The van der Waals surface area contributed by atoms with Crippen molar-refractivity contribution in [3.8, 4) is 5.75 Å². The van der Waals surface area contributed by atoms with Gasteiger partial charge in [0, 0.05) is 6.07 Å². The lowest BCUT2D eigenvalue weighted by Crippen LogP contribution is -2.19. The van der Waals surface area contributed by atoms with E-state index in [1.54, 1.807) is 0 Å². The average Bonchev–Trinajstić information content (AvgIpc) is 2.74. The van der Waals surface area contributed by atoms with E-state index in [0.29, 0.717) is 30.5 Å². The van der Waals surface area contributed by atoms with E-state index in [0.717, 1.165) is 17.7 Å². The first-order valence-electron chi connectivity index (χ1n) is 11.9. The van der Waals surface area contributed by atoms with Gasteiger partial charge in [-0.05, 0) is 66.0 Å². The van der Waals surface area contributed by atoms with Crippen molar-refractivity contribution in [2.75, 3.05) is 17.9 Å². The van der Waals surface area contributed by atoms with E-state index >= 15 is 0 Å². The Bertz CT molecular complexity index is 1080. The van der Waals surface area contributed by atoms with Gasteiger partial charge in [-0.3, -0.25) is 4.72 Å². The maximum absolute atomic E-state index is 13.7. The minimum absolute atomic E-state index is 0.0575. The number of rotatable bonds is 11. The Morgan fingerprint density at radius 1 is 0.886 bits per heavy atom. The normalized spacial score (nSPS) is 12.6. The molecule has 0 aromatic heterocycles. The summed E-state index contributed by atoms with van der Waals surface area (Å²) in [5.74, 6) is -0.0866. The second-order valence-corrected chi connectivity index (χ2v) is 11.3. The molecule has 35 heavy (non-hydrogen) atoms. The third kappa shape index (κ3) is 7.61. The molecule has 3 N–H and O–H groups in total. The van der Waals surface area contributed by atoms with Gasteiger partial charge in [0.2, 0.25) is 0 Å². The predicted molar refractivity (Wildman–Crippen MR) is 135 cm³/mol. The van der Waals surface area contributed by atoms with Crippen LogP contribution >= 0.6 is 0 Å². The molecule has 0 heterocycles. The van der Waals surface area contributed by atoms with Gasteiger partial charge < -0.3 is 10.5 Å². The fourth-order valence-corrected chi connectivity index (χ4v) is 5.49. The van der Waals surface area contributed by atoms with Gasteiger partial charge in [0.05, 0.1) is 22.8 Å². The van der Waals surface area contributed by atoms with Crippen molar-refractivity contribution in [3.63, 3.8) is 0 Å². The number of halogens is 3. The zero-order valence-corrected chi connectivity index (χ0v) is 22.1. The van der Waals surface area contributed by atoms with Gasteiger partial charge in [-0.25, -0.2) is 8.42 Å². The number of alkyl halides is 3. The molecule has 0 bridgehead atoms. The molecule has 0 spiro atoms. The number of benzene rings is 2. The van der Waals surface area contributed by atoms with Gasteiger partial charge in [-0.1, -0.05) is 53.7 Å². The molecule has 9 heteroatoms. The highest BCUT2D eigenvalue weighted by Gasteiger charge is 2.33. The molecule has 0 saturated heterocycles. The summed E-state index contributed by atoms with van der Waals surface area (Å²) in [4.78, 5) is 0.120. The highest BCUT2D eigenvalue weighted by Crippen LogP contribution is 2.38. The van der Waals surface area contributed by atoms with Crippen LogP contribution in [0.1, 0.15) is 94.4 Å². The number of ether oxygens (including phenoxy) is 1. The van der Waals surface area contributed by atoms with Crippen molar-refractivity contribution in [2.24, 2.45) is 5.73 Å². The molecular formula is C26H37F3N2O3S. The molecule has 5 nitrogen and oxygen atoms in total. The van der Waals surface area contributed by atoms with Crippen LogP contribution in [-0.2, 0) is 16.2 Å². The number of sulfonamides is 1. The van der Waals surface area contributed by atoms with E-state index in [1.165, 1.54) is 6.07 Å². The zero-order valence-electron chi connectivity index (χ0n) is 21.3. The molecule has 0 aliphatic heterocycles. The summed E-state index contributed by atoms with van der Waals surface area (Å²) < 4.78 is 75.9. The molecular weight excluding hydrogens is 477 g/mol. The van der Waals surface area contributed by atoms with Crippen molar-refractivity contribution in [2.45, 2.75) is 83.2 Å². The monoisotopic (exact) mass is 514 g/mol. The Balaban J connectivity index is 2.60. The number of nitrogens with two attached hydrogens (primary N) is 1. The molecule has 2 rings (SSSR count). The topological polar surface area (TPSA) is 81.4 Å². The van der Waals surface area contributed by atoms with Crippen LogP contribution in [0.4, 0.5) is 18.9 Å². The largest absolute Gasteiger partial charge is 0.494 e. The van der Waals surface area contributed by atoms with E-state index in [2.05, 4.69) is 4.72 Å². The van der Waals surface area contributed by atoms with Crippen LogP contribution in [0.3, 0.4) is 0 Å². The molecule has 0 amide bonds. The zero-order chi connectivity index (χ0) is 26.6. The number of hydrogen-bond acceptors (Lipinski definition) is 4. The van der Waals surface area contributed by atoms with Crippen molar-refractivity contribution >= 4 is 15.7 Å². The summed E-state index contributed by atoms with van der Waals surface area (Å²) in [5.41, 5.74) is 6.55. The average molecular weight is 515 g/mol. The van der Waals surface area contributed by atoms with Gasteiger partial charge in [0.1, 0.15) is 5.75 Å². The molecule has 0 atom stereocenters.